The number of hydrogen-bond donors (Lipinski definition) is 2. The molecule has 0 unspecified atom stereocenters. The van der Waals surface area contributed by atoms with Gasteiger partial charge in [-0.2, -0.15) is 13.2 Å². The molecule has 0 bridgehead atoms. The monoisotopic (exact) mass is 291 g/mol. The van der Waals surface area contributed by atoms with Crippen molar-refractivity contribution in [3.05, 3.63) is 29.8 Å². The highest BCUT2D eigenvalue weighted by atomic mass is 19.4. The molecule has 0 heterocycles. The first kappa shape index (κ1) is 15.8. The minimum absolute atomic E-state index is 0.0369. The molecule has 0 saturated heterocycles. The van der Waals surface area contributed by atoms with E-state index in [1.807, 2.05) is 0 Å². The lowest BCUT2D eigenvalue weighted by atomic mass is 10.2. The molecule has 0 aromatic heterocycles. The Kier molecular flexibility index (Phi) is 4.95. The van der Waals surface area contributed by atoms with Crippen LogP contribution in [0, 0.1) is 0 Å². The predicted molar refractivity (Wildman–Crippen MR) is 62.6 cm³/mol. The Balaban J connectivity index is 2.62. The van der Waals surface area contributed by atoms with Crippen molar-refractivity contribution in [2.24, 2.45) is 0 Å². The highest BCUT2D eigenvalue weighted by Crippen LogP contribution is 2.18. The normalized spacial score (nSPS) is 12.6. The van der Waals surface area contributed by atoms with E-state index in [2.05, 4.69) is 10.1 Å². The molecule has 8 heteroatoms. The van der Waals surface area contributed by atoms with Crippen LogP contribution in [0.3, 0.4) is 0 Å². The molecule has 0 radical (unpaired) electrons. The van der Waals surface area contributed by atoms with Crippen LogP contribution >= 0.6 is 0 Å². The van der Waals surface area contributed by atoms with Gasteiger partial charge in [0.25, 0.3) is 5.91 Å². The number of carboxylic acid groups (broad SMARTS) is 1. The third-order valence-electron chi connectivity index (χ3n) is 2.24. The van der Waals surface area contributed by atoms with E-state index in [9.17, 15) is 22.8 Å². The summed E-state index contributed by atoms with van der Waals surface area (Å²) in [5.41, 5.74) is 0.123. The number of benzene rings is 1. The van der Waals surface area contributed by atoms with E-state index in [1.54, 1.807) is 0 Å². The van der Waals surface area contributed by atoms with Gasteiger partial charge in [-0.15, -0.1) is 0 Å². The number of alkyl halides is 3. The number of carboxylic acids is 1. The number of hydrogen-bond acceptors (Lipinski definition) is 3. The van der Waals surface area contributed by atoms with E-state index >= 15 is 0 Å². The largest absolute Gasteiger partial charge is 0.484 e. The molecule has 1 amide bonds. The Labute approximate surface area is 112 Å². The van der Waals surface area contributed by atoms with Gasteiger partial charge in [-0.25, -0.2) is 0 Å². The number of ether oxygens (including phenoxy) is 1. The Morgan fingerprint density at radius 3 is 2.30 bits per heavy atom. The second-order valence-corrected chi connectivity index (χ2v) is 3.96. The molecule has 1 atom stereocenters. The molecule has 5 nitrogen and oxygen atoms in total. The quantitative estimate of drug-likeness (QED) is 0.868. The van der Waals surface area contributed by atoms with E-state index in [4.69, 9.17) is 5.11 Å². The molecule has 1 aromatic carbocycles. The van der Waals surface area contributed by atoms with Crippen LogP contribution < -0.4 is 10.1 Å². The van der Waals surface area contributed by atoms with Crippen LogP contribution in [0.25, 0.3) is 0 Å². The highest BCUT2D eigenvalue weighted by molar-refractivity contribution is 5.96. The van der Waals surface area contributed by atoms with Gasteiger partial charge < -0.3 is 15.2 Å². The fraction of sp³-hybridized carbons (Fsp3) is 0.333. The summed E-state index contributed by atoms with van der Waals surface area (Å²) < 4.78 is 40.2. The smallest absolute Gasteiger partial charge is 0.422 e. The molecule has 1 aromatic rings. The zero-order valence-electron chi connectivity index (χ0n) is 10.4. The molecule has 0 saturated carbocycles. The van der Waals surface area contributed by atoms with Crippen LogP contribution in [-0.2, 0) is 4.79 Å². The molecule has 0 aliphatic heterocycles. The van der Waals surface area contributed by atoms with Crippen molar-refractivity contribution in [3.8, 4) is 5.75 Å². The van der Waals surface area contributed by atoms with Crippen LogP contribution in [0.4, 0.5) is 13.2 Å². The van der Waals surface area contributed by atoms with Gasteiger partial charge in [0.05, 0.1) is 0 Å². The number of carbonyl (C=O) groups excluding carboxylic acids is 1. The Morgan fingerprint density at radius 2 is 1.85 bits per heavy atom. The Hall–Kier alpha value is -2.25. The molecular weight excluding hydrogens is 279 g/mol. The summed E-state index contributed by atoms with van der Waals surface area (Å²) >= 11 is 0. The summed E-state index contributed by atoms with van der Waals surface area (Å²) in [6.45, 7) is -0.129. The minimum Gasteiger partial charge on any atom is -0.484 e. The maximum atomic E-state index is 11.9. The van der Waals surface area contributed by atoms with E-state index < -0.39 is 30.7 Å². The molecular formula is C12H12F3NO4. The third kappa shape index (κ3) is 5.17. The Bertz CT molecular complexity index is 484. The molecule has 2 N–H and O–H groups in total. The zero-order valence-corrected chi connectivity index (χ0v) is 10.4. The summed E-state index contributed by atoms with van der Waals surface area (Å²) in [4.78, 5) is 22.2. The van der Waals surface area contributed by atoms with Gasteiger partial charge in [-0.3, -0.25) is 9.59 Å². The molecule has 20 heavy (non-hydrogen) atoms. The first-order valence-corrected chi connectivity index (χ1v) is 5.52. The van der Waals surface area contributed by atoms with Crippen molar-refractivity contribution in [2.45, 2.75) is 19.1 Å². The van der Waals surface area contributed by atoms with Crippen molar-refractivity contribution in [3.63, 3.8) is 0 Å². The summed E-state index contributed by atoms with van der Waals surface area (Å²) in [5.74, 6) is -1.86. The first-order valence-electron chi connectivity index (χ1n) is 5.52. The first-order chi connectivity index (χ1) is 9.19. The summed E-state index contributed by atoms with van der Waals surface area (Å²) in [6.07, 6.45) is -4.44. The SMILES string of the molecule is C[C@H](NC(=O)c1ccc(OCC(F)(F)F)cc1)C(=O)O. The average Bonchev–Trinajstić information content (AvgIpc) is 2.35. The van der Waals surface area contributed by atoms with Gasteiger partial charge in [0, 0.05) is 5.56 Å². The predicted octanol–water partition coefficient (Wildman–Crippen LogP) is 1.83. The van der Waals surface area contributed by atoms with E-state index in [1.165, 1.54) is 31.2 Å². The van der Waals surface area contributed by atoms with Gasteiger partial charge in [0.1, 0.15) is 11.8 Å². The second-order valence-electron chi connectivity index (χ2n) is 3.96. The molecule has 0 spiro atoms. The summed E-state index contributed by atoms with van der Waals surface area (Å²) in [7, 11) is 0. The fourth-order valence-corrected chi connectivity index (χ4v) is 1.21. The number of halogens is 3. The fourth-order valence-electron chi connectivity index (χ4n) is 1.21. The van der Waals surface area contributed by atoms with E-state index in [0.717, 1.165) is 0 Å². The number of aliphatic carboxylic acids is 1. The van der Waals surface area contributed by atoms with E-state index in [-0.39, 0.29) is 11.3 Å². The summed E-state index contributed by atoms with van der Waals surface area (Å²) in [5, 5.41) is 10.8. The third-order valence-corrected chi connectivity index (χ3v) is 2.24. The van der Waals surface area contributed by atoms with Crippen molar-refractivity contribution in [2.75, 3.05) is 6.61 Å². The van der Waals surface area contributed by atoms with Crippen molar-refractivity contribution in [1.82, 2.24) is 5.32 Å². The maximum Gasteiger partial charge on any atom is 0.422 e. The molecule has 1 rings (SSSR count). The topological polar surface area (TPSA) is 75.6 Å². The lowest BCUT2D eigenvalue weighted by Gasteiger charge is -2.11. The highest BCUT2D eigenvalue weighted by Gasteiger charge is 2.28. The van der Waals surface area contributed by atoms with Crippen LogP contribution in [0.2, 0.25) is 0 Å². The van der Waals surface area contributed by atoms with Crippen LogP contribution in [0.15, 0.2) is 24.3 Å². The van der Waals surface area contributed by atoms with Crippen molar-refractivity contribution < 1.29 is 32.6 Å². The average molecular weight is 291 g/mol. The lowest BCUT2D eigenvalue weighted by molar-refractivity contribution is -0.153. The number of nitrogens with one attached hydrogen (secondary N) is 1. The minimum atomic E-state index is -4.44. The van der Waals surface area contributed by atoms with Gasteiger partial charge in [0.2, 0.25) is 0 Å². The standard InChI is InChI=1S/C12H12F3NO4/c1-7(11(18)19)16-10(17)8-2-4-9(5-3-8)20-6-12(13,14)15/h2-5,7H,6H2,1H3,(H,16,17)(H,18,19)/t7-/m0/s1. The van der Waals surface area contributed by atoms with Crippen LogP contribution in [-0.4, -0.2) is 35.8 Å². The number of carbonyl (C=O) groups is 2. The maximum absolute atomic E-state index is 11.9. The Morgan fingerprint density at radius 1 is 1.30 bits per heavy atom. The van der Waals surface area contributed by atoms with Gasteiger partial charge in [-0.05, 0) is 31.2 Å². The van der Waals surface area contributed by atoms with Crippen molar-refractivity contribution in [1.29, 1.82) is 0 Å². The summed E-state index contributed by atoms with van der Waals surface area (Å²) in [6, 6.07) is 3.83. The zero-order chi connectivity index (χ0) is 15.3. The van der Waals surface area contributed by atoms with Gasteiger partial charge in [0.15, 0.2) is 6.61 Å². The molecule has 0 fully saturated rings. The molecule has 0 aliphatic rings. The molecule has 0 aliphatic carbocycles. The number of rotatable bonds is 5. The van der Waals surface area contributed by atoms with Crippen LogP contribution in [0.1, 0.15) is 17.3 Å². The van der Waals surface area contributed by atoms with Crippen molar-refractivity contribution >= 4 is 11.9 Å². The van der Waals surface area contributed by atoms with Crippen LogP contribution in [0.5, 0.6) is 5.75 Å². The lowest BCUT2D eigenvalue weighted by Crippen LogP contribution is -2.38. The van der Waals surface area contributed by atoms with Gasteiger partial charge in [-0.1, -0.05) is 0 Å². The second kappa shape index (κ2) is 6.27. The number of amides is 1. The molecule has 110 valence electrons. The van der Waals surface area contributed by atoms with E-state index in [0.29, 0.717) is 0 Å². The van der Waals surface area contributed by atoms with Gasteiger partial charge >= 0.3 is 12.1 Å².